The molecule has 3 heterocycles. The third kappa shape index (κ3) is 4.26. The second-order valence-electron chi connectivity index (χ2n) is 6.86. The molecular formula is C20H18F3N5O2S. The van der Waals surface area contributed by atoms with Crippen molar-refractivity contribution in [2.75, 3.05) is 16.8 Å². The molecule has 2 aromatic heterocycles. The first kappa shape index (κ1) is 22.3. The standard InChI is InChI=1S/C20H16F3N5O2.H2S/c1-12-11-27(15-6-4-13(5-7-15)20(21,22)23)19(30)17-16(10-25-28(12)17)18(29)26-14-3-2-8-24-9-14;/h2-10,12H,11H2,1H3,(H,26,29);1H2/t12-;/m0./s1. The van der Waals surface area contributed by atoms with E-state index in [4.69, 9.17) is 0 Å². The van der Waals surface area contributed by atoms with Gasteiger partial charge in [0.05, 0.1) is 35.2 Å². The fourth-order valence-electron chi connectivity index (χ4n) is 3.32. The predicted molar refractivity (Wildman–Crippen MR) is 113 cm³/mol. The van der Waals surface area contributed by atoms with Crippen LogP contribution < -0.4 is 10.2 Å². The Morgan fingerprint density at radius 3 is 2.48 bits per heavy atom. The molecule has 11 heteroatoms. The van der Waals surface area contributed by atoms with Crippen LogP contribution in [-0.4, -0.2) is 33.1 Å². The number of pyridine rings is 1. The monoisotopic (exact) mass is 449 g/mol. The van der Waals surface area contributed by atoms with Crippen molar-refractivity contribution >= 4 is 36.7 Å². The molecule has 31 heavy (non-hydrogen) atoms. The number of hydrogen-bond donors (Lipinski definition) is 1. The van der Waals surface area contributed by atoms with Crippen LogP contribution in [0.2, 0.25) is 0 Å². The Kier molecular flexibility index (Phi) is 6.07. The minimum absolute atomic E-state index is 0. The van der Waals surface area contributed by atoms with Crippen molar-refractivity contribution in [2.24, 2.45) is 0 Å². The molecule has 1 N–H and O–H groups in total. The fraction of sp³-hybridized carbons (Fsp3) is 0.200. The average Bonchev–Trinajstić information content (AvgIpc) is 3.17. The van der Waals surface area contributed by atoms with Gasteiger partial charge in [-0.05, 0) is 43.3 Å². The van der Waals surface area contributed by atoms with Gasteiger partial charge in [0.2, 0.25) is 0 Å². The van der Waals surface area contributed by atoms with Crippen molar-refractivity contribution in [2.45, 2.75) is 19.1 Å². The normalized spacial score (nSPS) is 15.8. The quantitative estimate of drug-likeness (QED) is 0.658. The predicted octanol–water partition coefficient (Wildman–Crippen LogP) is 3.88. The van der Waals surface area contributed by atoms with E-state index in [0.29, 0.717) is 11.4 Å². The van der Waals surface area contributed by atoms with Gasteiger partial charge >= 0.3 is 6.18 Å². The summed E-state index contributed by atoms with van der Waals surface area (Å²) in [5.41, 5.74) is 0.122. The van der Waals surface area contributed by atoms with Crippen molar-refractivity contribution in [3.05, 3.63) is 71.8 Å². The largest absolute Gasteiger partial charge is 0.416 e. The number of alkyl halides is 3. The molecule has 2 amide bonds. The molecule has 3 aromatic rings. The van der Waals surface area contributed by atoms with Crippen LogP contribution in [0.5, 0.6) is 0 Å². The van der Waals surface area contributed by atoms with Gasteiger partial charge in [0.1, 0.15) is 5.69 Å². The number of anilines is 2. The second kappa shape index (κ2) is 8.42. The van der Waals surface area contributed by atoms with E-state index in [1.54, 1.807) is 18.3 Å². The van der Waals surface area contributed by atoms with Crippen LogP contribution in [0.1, 0.15) is 39.4 Å². The first-order valence-electron chi connectivity index (χ1n) is 9.03. The molecule has 0 radical (unpaired) electrons. The minimum Gasteiger partial charge on any atom is -0.320 e. The number of carbonyl (C=O) groups is 2. The zero-order valence-corrected chi connectivity index (χ0v) is 17.2. The highest BCUT2D eigenvalue weighted by atomic mass is 32.1. The molecule has 1 aromatic carbocycles. The smallest absolute Gasteiger partial charge is 0.320 e. The lowest BCUT2D eigenvalue weighted by Crippen LogP contribution is -2.43. The summed E-state index contributed by atoms with van der Waals surface area (Å²) < 4.78 is 40.0. The Bertz CT molecular complexity index is 1100. The van der Waals surface area contributed by atoms with Gasteiger partial charge in [-0.25, -0.2) is 0 Å². The van der Waals surface area contributed by atoms with E-state index in [2.05, 4.69) is 15.4 Å². The SMILES string of the molecule is C[C@H]1CN(c2ccc(C(F)(F)F)cc2)C(=O)c2c(C(=O)Nc3cccnc3)cnn21.S. The Hall–Kier alpha value is -3.34. The molecule has 0 aliphatic carbocycles. The van der Waals surface area contributed by atoms with E-state index in [0.717, 1.165) is 12.1 Å². The molecule has 4 rings (SSSR count). The number of aromatic nitrogens is 3. The highest BCUT2D eigenvalue weighted by Crippen LogP contribution is 2.32. The number of hydrogen-bond acceptors (Lipinski definition) is 4. The Morgan fingerprint density at radius 1 is 1.16 bits per heavy atom. The summed E-state index contributed by atoms with van der Waals surface area (Å²) in [6.45, 7) is 2.02. The number of carbonyl (C=O) groups excluding carboxylic acids is 2. The molecule has 0 spiro atoms. The maximum Gasteiger partial charge on any atom is 0.416 e. The number of fused-ring (bicyclic) bond motifs is 1. The number of halogens is 3. The summed E-state index contributed by atoms with van der Waals surface area (Å²) in [6, 6.07) is 7.37. The van der Waals surface area contributed by atoms with Gasteiger partial charge in [-0.15, -0.1) is 0 Å². The van der Waals surface area contributed by atoms with E-state index >= 15 is 0 Å². The highest BCUT2D eigenvalue weighted by molar-refractivity contribution is 7.59. The lowest BCUT2D eigenvalue weighted by molar-refractivity contribution is -0.137. The van der Waals surface area contributed by atoms with Gasteiger partial charge in [0.15, 0.2) is 0 Å². The number of benzene rings is 1. The van der Waals surface area contributed by atoms with Crippen molar-refractivity contribution in [1.82, 2.24) is 14.8 Å². The first-order valence-corrected chi connectivity index (χ1v) is 9.03. The summed E-state index contributed by atoms with van der Waals surface area (Å²) in [6.07, 6.45) is -0.128. The molecule has 1 aliphatic heterocycles. The van der Waals surface area contributed by atoms with Gasteiger partial charge in [0, 0.05) is 18.4 Å². The fourth-order valence-corrected chi connectivity index (χ4v) is 3.32. The molecule has 1 atom stereocenters. The van der Waals surface area contributed by atoms with Crippen LogP contribution >= 0.6 is 13.5 Å². The number of amides is 2. The molecular weight excluding hydrogens is 431 g/mol. The summed E-state index contributed by atoms with van der Waals surface area (Å²) >= 11 is 0. The third-order valence-corrected chi connectivity index (χ3v) is 4.78. The zero-order valence-electron chi connectivity index (χ0n) is 16.2. The van der Waals surface area contributed by atoms with Gasteiger partial charge in [-0.3, -0.25) is 19.3 Å². The number of rotatable bonds is 3. The number of nitrogens with one attached hydrogen (secondary N) is 1. The van der Waals surface area contributed by atoms with E-state index in [-0.39, 0.29) is 37.3 Å². The van der Waals surface area contributed by atoms with Crippen LogP contribution in [0.25, 0.3) is 0 Å². The maximum atomic E-state index is 13.1. The third-order valence-electron chi connectivity index (χ3n) is 4.78. The number of nitrogens with zero attached hydrogens (tertiary/aromatic N) is 4. The molecule has 7 nitrogen and oxygen atoms in total. The molecule has 0 unspecified atom stereocenters. The maximum absolute atomic E-state index is 13.1. The summed E-state index contributed by atoms with van der Waals surface area (Å²) in [7, 11) is 0. The Balaban J connectivity index is 0.00000272. The average molecular weight is 449 g/mol. The lowest BCUT2D eigenvalue weighted by Gasteiger charge is -2.32. The van der Waals surface area contributed by atoms with Crippen LogP contribution in [0.3, 0.4) is 0 Å². The van der Waals surface area contributed by atoms with Gasteiger partial charge in [-0.1, -0.05) is 0 Å². The molecule has 0 saturated carbocycles. The van der Waals surface area contributed by atoms with Gasteiger partial charge in [0.25, 0.3) is 11.8 Å². The van der Waals surface area contributed by atoms with E-state index in [1.807, 2.05) is 6.92 Å². The van der Waals surface area contributed by atoms with Crippen LogP contribution in [-0.2, 0) is 6.18 Å². The van der Waals surface area contributed by atoms with Crippen molar-refractivity contribution in [1.29, 1.82) is 0 Å². The lowest BCUT2D eigenvalue weighted by atomic mass is 10.1. The van der Waals surface area contributed by atoms with Gasteiger partial charge in [-0.2, -0.15) is 31.8 Å². The molecule has 0 fully saturated rings. The molecule has 1 aliphatic rings. The van der Waals surface area contributed by atoms with Crippen molar-refractivity contribution < 1.29 is 22.8 Å². The first-order chi connectivity index (χ1) is 14.3. The summed E-state index contributed by atoms with van der Waals surface area (Å²) in [5, 5.41) is 6.83. The Morgan fingerprint density at radius 2 is 1.87 bits per heavy atom. The van der Waals surface area contributed by atoms with Crippen LogP contribution in [0.15, 0.2) is 55.0 Å². The van der Waals surface area contributed by atoms with Crippen molar-refractivity contribution in [3.8, 4) is 0 Å². The van der Waals surface area contributed by atoms with Crippen LogP contribution in [0.4, 0.5) is 24.5 Å². The molecule has 162 valence electrons. The zero-order chi connectivity index (χ0) is 21.5. The highest BCUT2D eigenvalue weighted by Gasteiger charge is 2.36. The molecule has 0 saturated heterocycles. The van der Waals surface area contributed by atoms with E-state index in [9.17, 15) is 22.8 Å². The van der Waals surface area contributed by atoms with Crippen molar-refractivity contribution in [3.63, 3.8) is 0 Å². The van der Waals surface area contributed by atoms with Gasteiger partial charge < -0.3 is 10.2 Å². The second-order valence-corrected chi connectivity index (χ2v) is 6.86. The van der Waals surface area contributed by atoms with E-state index in [1.165, 1.54) is 34.1 Å². The Labute approximate surface area is 182 Å². The minimum atomic E-state index is -4.46. The van der Waals surface area contributed by atoms with E-state index < -0.39 is 23.6 Å². The van der Waals surface area contributed by atoms with Crippen LogP contribution in [0, 0.1) is 0 Å². The topological polar surface area (TPSA) is 80.1 Å². The molecule has 0 bridgehead atoms. The summed E-state index contributed by atoms with van der Waals surface area (Å²) in [5.74, 6) is -1.04. The summed E-state index contributed by atoms with van der Waals surface area (Å²) in [4.78, 5) is 31.1.